The Morgan fingerprint density at radius 2 is 1.30 bits per heavy atom. The van der Waals surface area contributed by atoms with Crippen molar-refractivity contribution in [1.82, 2.24) is 0 Å². The van der Waals surface area contributed by atoms with E-state index in [1.165, 1.54) is 0 Å². The molecule has 0 aliphatic rings. The van der Waals surface area contributed by atoms with Crippen LogP contribution < -0.4 is 4.72 Å². The molecule has 106 valence electrons. The largest absolute Gasteiger partial charge is 0.280 e. The van der Waals surface area contributed by atoms with Gasteiger partial charge in [-0.15, -0.1) is 0 Å². The second-order valence-corrected chi connectivity index (χ2v) is 6.82. The van der Waals surface area contributed by atoms with Crippen LogP contribution in [0.3, 0.4) is 0 Å². The van der Waals surface area contributed by atoms with Gasteiger partial charge >= 0.3 is 0 Å². The minimum atomic E-state index is -3.55. The second-order valence-electron chi connectivity index (χ2n) is 5.20. The maximum Gasteiger partial charge on any atom is 0.262 e. The topological polar surface area (TPSA) is 46.2 Å². The number of hydrogen-bond donors (Lipinski definition) is 1. The summed E-state index contributed by atoms with van der Waals surface area (Å²) < 4.78 is 27.7. The van der Waals surface area contributed by atoms with Crippen LogP contribution in [0.2, 0.25) is 0 Å². The molecule has 0 fully saturated rings. The summed E-state index contributed by atoms with van der Waals surface area (Å²) in [4.78, 5) is 0.365. The van der Waals surface area contributed by atoms with Crippen LogP contribution in [-0.4, -0.2) is 8.42 Å². The predicted octanol–water partition coefficient (Wildman–Crippen LogP) is 3.72. The van der Waals surface area contributed by atoms with Crippen LogP contribution in [0, 0.1) is 27.7 Å². The first kappa shape index (κ1) is 14.6. The van der Waals surface area contributed by atoms with Crippen molar-refractivity contribution < 1.29 is 8.42 Å². The van der Waals surface area contributed by atoms with E-state index in [0.29, 0.717) is 10.6 Å². The lowest BCUT2D eigenvalue weighted by molar-refractivity contribution is 0.600. The van der Waals surface area contributed by atoms with Gasteiger partial charge in [-0.05, 0) is 51.0 Å². The number of nitrogens with one attached hydrogen (secondary N) is 1. The number of hydrogen-bond acceptors (Lipinski definition) is 2. The van der Waals surface area contributed by atoms with Gasteiger partial charge in [-0.2, -0.15) is 0 Å². The Morgan fingerprint density at radius 1 is 0.800 bits per heavy atom. The Bertz CT molecular complexity index is 709. The average molecular weight is 289 g/mol. The molecular weight excluding hydrogens is 270 g/mol. The molecule has 2 aromatic rings. The smallest absolute Gasteiger partial charge is 0.262 e. The molecule has 0 spiro atoms. The van der Waals surface area contributed by atoms with E-state index in [1.54, 1.807) is 12.1 Å². The van der Waals surface area contributed by atoms with Crippen molar-refractivity contribution in [3.63, 3.8) is 0 Å². The highest BCUT2D eigenvalue weighted by atomic mass is 32.2. The van der Waals surface area contributed by atoms with E-state index in [0.717, 1.165) is 22.3 Å². The fourth-order valence-electron chi connectivity index (χ4n) is 2.42. The molecule has 0 aliphatic heterocycles. The summed E-state index contributed by atoms with van der Waals surface area (Å²) >= 11 is 0. The van der Waals surface area contributed by atoms with E-state index in [4.69, 9.17) is 0 Å². The molecule has 1 N–H and O–H groups in total. The van der Waals surface area contributed by atoms with Gasteiger partial charge in [0, 0.05) is 5.69 Å². The van der Waals surface area contributed by atoms with Crippen molar-refractivity contribution in [3.05, 3.63) is 58.7 Å². The van der Waals surface area contributed by atoms with E-state index < -0.39 is 10.0 Å². The number of anilines is 1. The first-order valence-corrected chi connectivity index (χ1v) is 7.95. The summed E-state index contributed by atoms with van der Waals surface area (Å²) in [6.07, 6.45) is 0. The maximum atomic E-state index is 12.5. The molecule has 0 saturated heterocycles. The van der Waals surface area contributed by atoms with Crippen molar-refractivity contribution in [2.75, 3.05) is 4.72 Å². The van der Waals surface area contributed by atoms with Crippen LogP contribution in [0.4, 0.5) is 5.69 Å². The Balaban J connectivity index is 2.43. The fourth-order valence-corrected chi connectivity index (χ4v) is 3.93. The molecule has 0 saturated carbocycles. The lowest BCUT2D eigenvalue weighted by Gasteiger charge is -2.14. The molecule has 0 aliphatic carbocycles. The molecule has 0 heterocycles. The number of benzene rings is 2. The fraction of sp³-hybridized carbons (Fsp3) is 0.250. The normalized spacial score (nSPS) is 11.4. The van der Waals surface area contributed by atoms with Crippen LogP contribution in [0.5, 0.6) is 0 Å². The number of aryl methyl sites for hydroxylation is 4. The Hall–Kier alpha value is -1.81. The Labute approximate surface area is 120 Å². The van der Waals surface area contributed by atoms with Gasteiger partial charge in [-0.1, -0.05) is 35.4 Å². The molecule has 0 aromatic heterocycles. The molecule has 4 heteroatoms. The quantitative estimate of drug-likeness (QED) is 0.936. The second kappa shape index (κ2) is 5.29. The number of rotatable bonds is 3. The van der Waals surface area contributed by atoms with Crippen molar-refractivity contribution >= 4 is 15.7 Å². The minimum absolute atomic E-state index is 0.365. The summed E-state index contributed by atoms with van der Waals surface area (Å²) in [6.45, 7) is 7.57. The van der Waals surface area contributed by atoms with E-state index in [-0.39, 0.29) is 0 Å². The maximum absolute atomic E-state index is 12.5. The Kier molecular flexibility index (Phi) is 3.86. The third kappa shape index (κ3) is 3.02. The van der Waals surface area contributed by atoms with Crippen LogP contribution in [-0.2, 0) is 10.0 Å². The minimum Gasteiger partial charge on any atom is -0.280 e. The number of sulfonamides is 1. The third-order valence-corrected chi connectivity index (χ3v) is 4.86. The van der Waals surface area contributed by atoms with Crippen LogP contribution in [0.25, 0.3) is 0 Å². The highest BCUT2D eigenvalue weighted by molar-refractivity contribution is 7.92. The predicted molar refractivity (Wildman–Crippen MR) is 82.6 cm³/mol. The highest BCUT2D eigenvalue weighted by Gasteiger charge is 2.19. The molecule has 0 radical (unpaired) electrons. The highest BCUT2D eigenvalue weighted by Crippen LogP contribution is 2.24. The zero-order valence-corrected chi connectivity index (χ0v) is 13.0. The molecule has 0 bridgehead atoms. The van der Waals surface area contributed by atoms with Gasteiger partial charge in [-0.3, -0.25) is 4.72 Å². The van der Waals surface area contributed by atoms with Gasteiger partial charge in [0.1, 0.15) is 0 Å². The molecule has 0 atom stereocenters. The average Bonchev–Trinajstić information content (AvgIpc) is 2.30. The SMILES string of the molecule is Cc1ccc(NS(=O)(=O)c2c(C)cc(C)cc2C)cc1. The summed E-state index contributed by atoms with van der Waals surface area (Å²) in [6, 6.07) is 11.1. The zero-order valence-electron chi connectivity index (χ0n) is 12.2. The summed E-state index contributed by atoms with van der Waals surface area (Å²) in [5.41, 5.74) is 4.27. The van der Waals surface area contributed by atoms with Gasteiger partial charge in [0.05, 0.1) is 4.90 Å². The van der Waals surface area contributed by atoms with E-state index in [1.807, 2.05) is 52.0 Å². The van der Waals surface area contributed by atoms with Gasteiger partial charge < -0.3 is 0 Å². The third-order valence-electron chi connectivity index (χ3n) is 3.18. The van der Waals surface area contributed by atoms with Crippen LogP contribution >= 0.6 is 0 Å². The van der Waals surface area contributed by atoms with Crippen molar-refractivity contribution in [2.24, 2.45) is 0 Å². The van der Waals surface area contributed by atoms with Gasteiger partial charge in [0.25, 0.3) is 10.0 Å². The Morgan fingerprint density at radius 3 is 1.80 bits per heavy atom. The summed E-state index contributed by atoms with van der Waals surface area (Å²) in [5, 5.41) is 0. The van der Waals surface area contributed by atoms with Gasteiger partial charge in [-0.25, -0.2) is 8.42 Å². The van der Waals surface area contributed by atoms with Crippen molar-refractivity contribution in [1.29, 1.82) is 0 Å². The van der Waals surface area contributed by atoms with E-state index in [2.05, 4.69) is 4.72 Å². The lowest BCUT2D eigenvalue weighted by atomic mass is 10.1. The van der Waals surface area contributed by atoms with Gasteiger partial charge in [0.2, 0.25) is 0 Å². The molecule has 3 nitrogen and oxygen atoms in total. The lowest BCUT2D eigenvalue weighted by Crippen LogP contribution is -2.15. The van der Waals surface area contributed by atoms with Crippen molar-refractivity contribution in [3.8, 4) is 0 Å². The van der Waals surface area contributed by atoms with Crippen LogP contribution in [0.1, 0.15) is 22.3 Å². The van der Waals surface area contributed by atoms with Crippen LogP contribution in [0.15, 0.2) is 41.3 Å². The van der Waals surface area contributed by atoms with E-state index >= 15 is 0 Å². The monoisotopic (exact) mass is 289 g/mol. The molecule has 2 rings (SSSR count). The molecule has 0 amide bonds. The molecule has 0 unspecified atom stereocenters. The van der Waals surface area contributed by atoms with Crippen molar-refractivity contribution in [2.45, 2.75) is 32.6 Å². The first-order chi connectivity index (χ1) is 9.29. The first-order valence-electron chi connectivity index (χ1n) is 6.47. The summed E-state index contributed by atoms with van der Waals surface area (Å²) in [5.74, 6) is 0. The summed E-state index contributed by atoms with van der Waals surface area (Å²) in [7, 11) is -3.55. The zero-order chi connectivity index (χ0) is 14.9. The molecule has 2 aromatic carbocycles. The van der Waals surface area contributed by atoms with Gasteiger partial charge in [0.15, 0.2) is 0 Å². The molecular formula is C16H19NO2S. The standard InChI is InChI=1S/C16H19NO2S/c1-11-5-7-15(8-6-11)17-20(18,19)16-13(3)9-12(2)10-14(16)4/h5-10,17H,1-4H3. The van der Waals surface area contributed by atoms with E-state index in [9.17, 15) is 8.42 Å². The molecule has 20 heavy (non-hydrogen) atoms.